The van der Waals surface area contributed by atoms with Crippen molar-refractivity contribution in [2.75, 3.05) is 6.54 Å². The molecular formula is C7H16N2O4S. The standard InChI is InChI=1S/C7H16N2O4S/c1-7(2,3)14(12,13)9-4-5(10)6(8)11/h5,9-10H,4H2,1-3H3,(H2,8,11). The van der Waals surface area contributed by atoms with Gasteiger partial charge < -0.3 is 10.8 Å². The smallest absolute Gasteiger partial charge is 0.247 e. The van der Waals surface area contributed by atoms with Crippen LogP contribution in [0, 0.1) is 0 Å². The molecule has 1 atom stereocenters. The fourth-order valence-electron chi connectivity index (χ4n) is 0.506. The molecule has 1 amide bonds. The van der Waals surface area contributed by atoms with E-state index >= 15 is 0 Å². The van der Waals surface area contributed by atoms with Crippen LogP contribution in [0.1, 0.15) is 20.8 Å². The highest BCUT2D eigenvalue weighted by Gasteiger charge is 2.29. The van der Waals surface area contributed by atoms with Crippen molar-refractivity contribution < 1.29 is 18.3 Å². The number of primary amides is 1. The summed E-state index contributed by atoms with van der Waals surface area (Å²) in [5, 5.41) is 8.95. The number of carbonyl (C=O) groups is 1. The lowest BCUT2D eigenvalue weighted by Gasteiger charge is -2.20. The summed E-state index contributed by atoms with van der Waals surface area (Å²) >= 11 is 0. The van der Waals surface area contributed by atoms with Crippen molar-refractivity contribution in [3.63, 3.8) is 0 Å². The molecule has 0 saturated carbocycles. The van der Waals surface area contributed by atoms with Crippen LogP contribution in [0.25, 0.3) is 0 Å². The number of aliphatic hydroxyl groups excluding tert-OH is 1. The average Bonchev–Trinajstić information content (AvgIpc) is 1.97. The topological polar surface area (TPSA) is 109 Å². The zero-order valence-electron chi connectivity index (χ0n) is 8.44. The van der Waals surface area contributed by atoms with Crippen LogP contribution in [-0.4, -0.2) is 36.8 Å². The summed E-state index contributed by atoms with van der Waals surface area (Å²) in [6, 6.07) is 0. The highest BCUT2D eigenvalue weighted by Crippen LogP contribution is 2.12. The Balaban J connectivity index is 4.36. The highest BCUT2D eigenvalue weighted by molar-refractivity contribution is 7.90. The maximum atomic E-state index is 11.4. The van der Waals surface area contributed by atoms with Gasteiger partial charge in [-0.3, -0.25) is 4.79 Å². The number of sulfonamides is 1. The van der Waals surface area contributed by atoms with E-state index in [2.05, 4.69) is 4.72 Å². The summed E-state index contributed by atoms with van der Waals surface area (Å²) in [5.41, 5.74) is 4.75. The van der Waals surface area contributed by atoms with Gasteiger partial charge in [-0.1, -0.05) is 0 Å². The summed E-state index contributed by atoms with van der Waals surface area (Å²) in [6.07, 6.45) is -1.49. The van der Waals surface area contributed by atoms with Gasteiger partial charge in [-0.25, -0.2) is 13.1 Å². The molecule has 0 aromatic carbocycles. The predicted molar refractivity (Wildman–Crippen MR) is 51.9 cm³/mol. The largest absolute Gasteiger partial charge is 0.382 e. The van der Waals surface area contributed by atoms with Crippen LogP contribution in [0.5, 0.6) is 0 Å². The maximum absolute atomic E-state index is 11.4. The Morgan fingerprint density at radius 3 is 2.21 bits per heavy atom. The monoisotopic (exact) mass is 224 g/mol. The number of nitrogens with two attached hydrogens (primary N) is 1. The number of rotatable bonds is 4. The van der Waals surface area contributed by atoms with Crippen LogP contribution in [0.3, 0.4) is 0 Å². The van der Waals surface area contributed by atoms with Gasteiger partial charge in [0.05, 0.1) is 4.75 Å². The highest BCUT2D eigenvalue weighted by atomic mass is 32.2. The van der Waals surface area contributed by atoms with Crippen molar-refractivity contribution in [2.45, 2.75) is 31.6 Å². The van der Waals surface area contributed by atoms with Gasteiger partial charge >= 0.3 is 0 Å². The van der Waals surface area contributed by atoms with Gasteiger partial charge in [-0.05, 0) is 20.8 Å². The normalized spacial score (nSPS) is 15.1. The molecule has 14 heavy (non-hydrogen) atoms. The Morgan fingerprint density at radius 2 is 1.93 bits per heavy atom. The number of hydrogen-bond acceptors (Lipinski definition) is 4. The molecule has 0 aliphatic carbocycles. The van der Waals surface area contributed by atoms with Crippen LogP contribution < -0.4 is 10.5 Å². The molecule has 0 aromatic rings. The van der Waals surface area contributed by atoms with Crippen molar-refractivity contribution in [1.29, 1.82) is 0 Å². The van der Waals surface area contributed by atoms with Crippen molar-refractivity contribution in [1.82, 2.24) is 4.72 Å². The third-order valence-electron chi connectivity index (χ3n) is 1.60. The molecule has 0 bridgehead atoms. The maximum Gasteiger partial charge on any atom is 0.247 e. The van der Waals surface area contributed by atoms with E-state index in [0.29, 0.717) is 0 Å². The van der Waals surface area contributed by atoms with E-state index < -0.39 is 33.3 Å². The number of carbonyl (C=O) groups excluding carboxylic acids is 1. The lowest BCUT2D eigenvalue weighted by Crippen LogP contribution is -2.45. The van der Waals surface area contributed by atoms with Crippen molar-refractivity contribution in [3.05, 3.63) is 0 Å². The molecule has 7 heteroatoms. The van der Waals surface area contributed by atoms with Crippen LogP contribution >= 0.6 is 0 Å². The molecule has 0 saturated heterocycles. The molecule has 0 aliphatic rings. The van der Waals surface area contributed by atoms with Gasteiger partial charge in [0.15, 0.2) is 0 Å². The van der Waals surface area contributed by atoms with Crippen molar-refractivity contribution in [3.8, 4) is 0 Å². The fourth-order valence-corrected chi connectivity index (χ4v) is 1.32. The summed E-state index contributed by atoms with van der Waals surface area (Å²) in [4.78, 5) is 10.4. The van der Waals surface area contributed by atoms with E-state index in [4.69, 9.17) is 10.8 Å². The van der Waals surface area contributed by atoms with Gasteiger partial charge in [0.25, 0.3) is 0 Å². The second kappa shape index (κ2) is 4.24. The molecule has 84 valence electrons. The Bertz CT molecular complexity index is 304. The molecule has 1 unspecified atom stereocenters. The van der Waals surface area contributed by atoms with Crippen LogP contribution in [0.4, 0.5) is 0 Å². The molecule has 0 heterocycles. The van der Waals surface area contributed by atoms with E-state index in [1.165, 1.54) is 20.8 Å². The van der Waals surface area contributed by atoms with Gasteiger partial charge in [0.2, 0.25) is 15.9 Å². The van der Waals surface area contributed by atoms with E-state index in [9.17, 15) is 13.2 Å². The summed E-state index contributed by atoms with van der Waals surface area (Å²) in [6.45, 7) is 4.12. The van der Waals surface area contributed by atoms with Crippen LogP contribution in [-0.2, 0) is 14.8 Å². The minimum atomic E-state index is -3.54. The second-order valence-corrected chi connectivity index (χ2v) is 6.40. The van der Waals surface area contributed by atoms with Gasteiger partial charge in [-0.2, -0.15) is 0 Å². The van der Waals surface area contributed by atoms with Crippen LogP contribution in [0.2, 0.25) is 0 Å². The summed E-state index contributed by atoms with van der Waals surface area (Å²) in [7, 11) is -3.54. The third-order valence-corrected chi connectivity index (χ3v) is 3.76. The first-order valence-electron chi connectivity index (χ1n) is 4.04. The van der Waals surface area contributed by atoms with Crippen molar-refractivity contribution in [2.24, 2.45) is 5.73 Å². The molecule has 0 aliphatic heterocycles. The van der Waals surface area contributed by atoms with E-state index in [1.54, 1.807) is 0 Å². The SMILES string of the molecule is CC(C)(C)S(=O)(=O)NCC(O)C(N)=O. The van der Waals surface area contributed by atoms with Gasteiger partial charge in [0.1, 0.15) is 6.10 Å². The molecule has 0 spiro atoms. The lowest BCUT2D eigenvalue weighted by atomic mass is 10.3. The first-order chi connectivity index (χ1) is 6.08. The summed E-state index contributed by atoms with van der Waals surface area (Å²) in [5.74, 6) is -0.957. The Morgan fingerprint density at radius 1 is 1.50 bits per heavy atom. The zero-order chi connectivity index (χ0) is 11.6. The van der Waals surface area contributed by atoms with E-state index in [-0.39, 0.29) is 0 Å². The minimum Gasteiger partial charge on any atom is -0.382 e. The molecule has 0 radical (unpaired) electrons. The zero-order valence-corrected chi connectivity index (χ0v) is 9.26. The predicted octanol–water partition coefficient (Wildman–Crippen LogP) is -1.45. The lowest BCUT2D eigenvalue weighted by molar-refractivity contribution is -0.125. The number of aliphatic hydroxyl groups is 1. The Labute approximate surface area is 83.5 Å². The average molecular weight is 224 g/mol. The molecule has 0 aromatic heterocycles. The first-order valence-corrected chi connectivity index (χ1v) is 5.53. The van der Waals surface area contributed by atoms with E-state index in [0.717, 1.165) is 0 Å². The van der Waals surface area contributed by atoms with Crippen LogP contribution in [0.15, 0.2) is 0 Å². The number of amides is 1. The Kier molecular flexibility index (Phi) is 4.04. The molecule has 4 N–H and O–H groups in total. The van der Waals surface area contributed by atoms with E-state index in [1.807, 2.05) is 0 Å². The van der Waals surface area contributed by atoms with Crippen molar-refractivity contribution >= 4 is 15.9 Å². The van der Waals surface area contributed by atoms with Gasteiger partial charge in [0, 0.05) is 6.54 Å². The summed E-state index contributed by atoms with van der Waals surface area (Å²) < 4.78 is 23.9. The number of hydrogen-bond donors (Lipinski definition) is 3. The number of nitrogens with one attached hydrogen (secondary N) is 1. The third kappa shape index (κ3) is 3.60. The second-order valence-electron chi connectivity index (χ2n) is 3.88. The first kappa shape index (κ1) is 13.3. The van der Waals surface area contributed by atoms with Gasteiger partial charge in [-0.15, -0.1) is 0 Å². The molecule has 0 fully saturated rings. The fraction of sp³-hybridized carbons (Fsp3) is 0.857. The molecular weight excluding hydrogens is 208 g/mol. The minimum absolute atomic E-state index is 0.394. The quantitative estimate of drug-likeness (QED) is 0.542. The molecule has 0 rings (SSSR count). The Hall–Kier alpha value is -0.660. The molecule has 6 nitrogen and oxygen atoms in total.